The van der Waals surface area contributed by atoms with E-state index in [1.165, 1.54) is 5.39 Å². The van der Waals surface area contributed by atoms with Crippen molar-refractivity contribution in [2.24, 2.45) is 5.92 Å². The molecule has 2 aliphatic heterocycles. The van der Waals surface area contributed by atoms with E-state index < -0.39 is 0 Å². The number of hydrogen-bond acceptors (Lipinski definition) is 3. The van der Waals surface area contributed by atoms with E-state index in [1.807, 2.05) is 42.2 Å². The van der Waals surface area contributed by atoms with Gasteiger partial charge in [-0.05, 0) is 61.4 Å². The quantitative estimate of drug-likeness (QED) is 0.741. The molecular formula is C23H29NO3. The van der Waals surface area contributed by atoms with E-state index in [4.69, 9.17) is 9.47 Å². The summed E-state index contributed by atoms with van der Waals surface area (Å²) in [4.78, 5) is 15.0. The van der Waals surface area contributed by atoms with Crippen molar-refractivity contribution in [1.29, 1.82) is 0 Å². The van der Waals surface area contributed by atoms with Gasteiger partial charge in [0.1, 0.15) is 0 Å². The van der Waals surface area contributed by atoms with Crippen molar-refractivity contribution in [2.75, 3.05) is 32.9 Å². The molecule has 1 spiro atoms. The lowest BCUT2D eigenvalue weighted by molar-refractivity contribution is -0.0669. The molecule has 0 bridgehead atoms. The van der Waals surface area contributed by atoms with E-state index in [0.29, 0.717) is 5.92 Å². The number of benzene rings is 2. The molecule has 2 aromatic rings. The monoisotopic (exact) mass is 367 g/mol. The highest BCUT2D eigenvalue weighted by molar-refractivity contribution is 5.98. The van der Waals surface area contributed by atoms with Gasteiger partial charge in [-0.25, -0.2) is 0 Å². The van der Waals surface area contributed by atoms with E-state index in [-0.39, 0.29) is 11.5 Å². The fourth-order valence-corrected chi connectivity index (χ4v) is 4.71. The van der Waals surface area contributed by atoms with Crippen molar-refractivity contribution in [2.45, 2.75) is 38.2 Å². The molecule has 0 unspecified atom stereocenters. The highest BCUT2D eigenvalue weighted by Crippen LogP contribution is 2.42. The molecule has 2 heterocycles. The van der Waals surface area contributed by atoms with E-state index >= 15 is 0 Å². The Hall–Kier alpha value is -1.91. The molecule has 144 valence electrons. The molecule has 2 aromatic carbocycles. The van der Waals surface area contributed by atoms with E-state index in [9.17, 15) is 4.79 Å². The number of piperidine rings is 1. The summed E-state index contributed by atoms with van der Waals surface area (Å²) in [6.07, 6.45) is 4.05. The van der Waals surface area contributed by atoms with Crippen molar-refractivity contribution >= 4 is 16.7 Å². The zero-order valence-corrected chi connectivity index (χ0v) is 16.2. The Morgan fingerprint density at radius 1 is 1.19 bits per heavy atom. The van der Waals surface area contributed by atoms with Crippen molar-refractivity contribution in [3.63, 3.8) is 0 Å². The minimum absolute atomic E-state index is 0.0444. The maximum Gasteiger partial charge on any atom is 0.253 e. The third kappa shape index (κ3) is 3.74. The Bertz CT molecular complexity index is 795. The van der Waals surface area contributed by atoms with Gasteiger partial charge in [0, 0.05) is 38.5 Å². The molecule has 0 saturated carbocycles. The number of fused-ring (bicyclic) bond motifs is 1. The van der Waals surface area contributed by atoms with E-state index in [2.05, 4.69) is 12.1 Å². The molecule has 2 aliphatic rings. The summed E-state index contributed by atoms with van der Waals surface area (Å²) in [6, 6.07) is 14.2. The summed E-state index contributed by atoms with van der Waals surface area (Å²) in [5.41, 5.74) is 0.738. The zero-order chi connectivity index (χ0) is 18.7. The first-order valence-corrected chi connectivity index (χ1v) is 10.2. The van der Waals surface area contributed by atoms with Gasteiger partial charge in [-0.3, -0.25) is 4.79 Å². The predicted octanol–water partition coefficient (Wildman–Crippen LogP) is 4.28. The summed E-state index contributed by atoms with van der Waals surface area (Å²) in [6.45, 7) is 6.02. The van der Waals surface area contributed by atoms with Crippen molar-refractivity contribution in [1.82, 2.24) is 4.90 Å². The van der Waals surface area contributed by atoms with E-state index in [1.54, 1.807) is 0 Å². The van der Waals surface area contributed by atoms with Crippen LogP contribution in [0, 0.1) is 5.92 Å². The van der Waals surface area contributed by atoms with Crippen LogP contribution in [-0.2, 0) is 9.47 Å². The minimum atomic E-state index is -0.0444. The maximum absolute atomic E-state index is 13.0. The number of carbonyl (C=O) groups is 1. The molecule has 0 radical (unpaired) electrons. The average Bonchev–Trinajstić information content (AvgIpc) is 3.10. The molecule has 2 fully saturated rings. The second-order valence-corrected chi connectivity index (χ2v) is 7.74. The summed E-state index contributed by atoms with van der Waals surface area (Å²) in [5, 5.41) is 2.29. The van der Waals surface area contributed by atoms with Gasteiger partial charge in [0.2, 0.25) is 0 Å². The van der Waals surface area contributed by atoms with E-state index in [0.717, 1.165) is 69.5 Å². The lowest BCUT2D eigenvalue weighted by Crippen LogP contribution is -2.49. The highest BCUT2D eigenvalue weighted by Gasteiger charge is 2.46. The van der Waals surface area contributed by atoms with Crippen LogP contribution < -0.4 is 0 Å². The molecule has 1 amide bonds. The van der Waals surface area contributed by atoms with Crippen LogP contribution in [0.1, 0.15) is 43.0 Å². The second kappa shape index (κ2) is 7.99. The molecule has 0 aliphatic carbocycles. The van der Waals surface area contributed by atoms with Gasteiger partial charge in [0.05, 0.1) is 5.60 Å². The summed E-state index contributed by atoms with van der Waals surface area (Å²) in [5.74, 6) is 0.696. The Morgan fingerprint density at radius 2 is 1.96 bits per heavy atom. The van der Waals surface area contributed by atoms with Crippen LogP contribution in [-0.4, -0.2) is 49.3 Å². The number of amides is 1. The van der Waals surface area contributed by atoms with Gasteiger partial charge in [0.25, 0.3) is 5.91 Å². The zero-order valence-electron chi connectivity index (χ0n) is 16.2. The third-order valence-corrected chi connectivity index (χ3v) is 6.31. The second-order valence-electron chi connectivity index (χ2n) is 7.74. The summed E-state index contributed by atoms with van der Waals surface area (Å²) < 4.78 is 11.8. The highest BCUT2D eigenvalue weighted by atomic mass is 16.5. The van der Waals surface area contributed by atoms with Gasteiger partial charge in [-0.15, -0.1) is 0 Å². The first kappa shape index (κ1) is 18.5. The van der Waals surface area contributed by atoms with Crippen LogP contribution in [0.2, 0.25) is 0 Å². The Kier molecular flexibility index (Phi) is 5.46. The molecule has 4 nitrogen and oxygen atoms in total. The molecule has 27 heavy (non-hydrogen) atoms. The number of hydrogen-bond donors (Lipinski definition) is 0. The average molecular weight is 367 g/mol. The first-order valence-electron chi connectivity index (χ1n) is 10.2. The molecule has 2 saturated heterocycles. The van der Waals surface area contributed by atoms with Gasteiger partial charge in [-0.2, -0.15) is 0 Å². The molecule has 4 heteroatoms. The third-order valence-electron chi connectivity index (χ3n) is 6.31. The molecule has 0 aromatic heterocycles. The largest absolute Gasteiger partial charge is 0.382 e. The van der Waals surface area contributed by atoms with Gasteiger partial charge in [-0.1, -0.05) is 30.3 Å². The SMILES string of the molecule is CCOCC[C@@H]1CCOC12CCN(C(=O)c1ccc3ccccc3c1)CC2. The van der Waals surface area contributed by atoms with Crippen LogP contribution in [0.3, 0.4) is 0 Å². The lowest BCUT2D eigenvalue weighted by Gasteiger charge is -2.42. The molecule has 4 rings (SSSR count). The maximum atomic E-state index is 13.0. The Morgan fingerprint density at radius 3 is 2.74 bits per heavy atom. The van der Waals surface area contributed by atoms with Crippen molar-refractivity contribution < 1.29 is 14.3 Å². The molecule has 0 N–H and O–H groups in total. The van der Waals surface area contributed by atoms with Crippen LogP contribution >= 0.6 is 0 Å². The van der Waals surface area contributed by atoms with Crippen LogP contribution in [0.4, 0.5) is 0 Å². The van der Waals surface area contributed by atoms with Gasteiger partial charge in [0.15, 0.2) is 0 Å². The fraction of sp³-hybridized carbons (Fsp3) is 0.522. The fourth-order valence-electron chi connectivity index (χ4n) is 4.71. The smallest absolute Gasteiger partial charge is 0.253 e. The number of carbonyl (C=O) groups excluding carboxylic acids is 1. The molecular weight excluding hydrogens is 338 g/mol. The summed E-state index contributed by atoms with van der Waals surface area (Å²) >= 11 is 0. The first-order chi connectivity index (χ1) is 13.2. The summed E-state index contributed by atoms with van der Waals surface area (Å²) in [7, 11) is 0. The lowest BCUT2D eigenvalue weighted by atomic mass is 9.78. The van der Waals surface area contributed by atoms with Gasteiger partial charge < -0.3 is 14.4 Å². The standard InChI is InChI=1S/C23H29NO3/c1-2-26-15-9-21-10-16-27-23(21)11-13-24(14-12-23)22(25)20-8-7-18-5-3-4-6-19(18)17-20/h3-8,17,21H,2,9-16H2,1H3/t21-/m1/s1. The predicted molar refractivity (Wildman–Crippen MR) is 107 cm³/mol. The van der Waals surface area contributed by atoms with Crippen molar-refractivity contribution in [3.8, 4) is 0 Å². The number of ether oxygens (including phenoxy) is 2. The topological polar surface area (TPSA) is 38.8 Å². The van der Waals surface area contributed by atoms with Crippen LogP contribution in [0.5, 0.6) is 0 Å². The Labute approximate surface area is 161 Å². The number of nitrogens with zero attached hydrogens (tertiary/aromatic N) is 1. The van der Waals surface area contributed by atoms with Crippen LogP contribution in [0.15, 0.2) is 42.5 Å². The Balaban J connectivity index is 1.41. The van der Waals surface area contributed by atoms with Crippen molar-refractivity contribution in [3.05, 3.63) is 48.0 Å². The minimum Gasteiger partial charge on any atom is -0.382 e. The number of likely N-dealkylation sites (tertiary alicyclic amines) is 1. The van der Waals surface area contributed by atoms with Gasteiger partial charge >= 0.3 is 0 Å². The molecule has 1 atom stereocenters. The van der Waals surface area contributed by atoms with Crippen LogP contribution in [0.25, 0.3) is 10.8 Å². The normalized spacial score (nSPS) is 21.8. The number of rotatable bonds is 5.